The molecular weight excluding hydrogens is 316 g/mol. The summed E-state index contributed by atoms with van der Waals surface area (Å²) < 4.78 is 11.2. The molecule has 0 saturated heterocycles. The SMILES string of the molecule is COc1cc(Cl)cc(CBr)c1OCCC(C)(C)C. The number of alkyl halides is 1. The van der Waals surface area contributed by atoms with Gasteiger partial charge in [-0.25, -0.2) is 0 Å². The van der Waals surface area contributed by atoms with Crippen LogP contribution in [0.2, 0.25) is 5.02 Å². The van der Waals surface area contributed by atoms with Crippen LogP contribution in [0.15, 0.2) is 12.1 Å². The monoisotopic (exact) mass is 334 g/mol. The summed E-state index contributed by atoms with van der Waals surface area (Å²) in [6.07, 6.45) is 0.987. The van der Waals surface area contributed by atoms with Crippen LogP contribution in [0.5, 0.6) is 11.5 Å². The lowest BCUT2D eigenvalue weighted by atomic mass is 9.93. The predicted molar refractivity (Wildman–Crippen MR) is 80.2 cm³/mol. The molecule has 1 rings (SSSR count). The van der Waals surface area contributed by atoms with E-state index in [2.05, 4.69) is 36.7 Å². The van der Waals surface area contributed by atoms with Gasteiger partial charge in [-0.05, 0) is 17.9 Å². The minimum atomic E-state index is 0.258. The molecule has 0 aliphatic heterocycles. The molecule has 2 nitrogen and oxygen atoms in total. The summed E-state index contributed by atoms with van der Waals surface area (Å²) in [5, 5.41) is 1.35. The van der Waals surface area contributed by atoms with Gasteiger partial charge in [-0.2, -0.15) is 0 Å². The highest BCUT2D eigenvalue weighted by atomic mass is 79.9. The molecule has 0 amide bonds. The number of benzene rings is 1. The van der Waals surface area contributed by atoms with Gasteiger partial charge >= 0.3 is 0 Å². The Kier molecular flexibility index (Phi) is 5.80. The second-order valence-electron chi connectivity index (χ2n) is 5.39. The van der Waals surface area contributed by atoms with Crippen LogP contribution >= 0.6 is 27.5 Å². The summed E-state index contributed by atoms with van der Waals surface area (Å²) in [7, 11) is 1.63. The highest BCUT2D eigenvalue weighted by molar-refractivity contribution is 9.08. The average Bonchev–Trinajstić information content (AvgIpc) is 2.28. The maximum absolute atomic E-state index is 6.03. The molecule has 0 unspecified atom stereocenters. The van der Waals surface area contributed by atoms with E-state index in [9.17, 15) is 0 Å². The van der Waals surface area contributed by atoms with Gasteiger partial charge in [0.15, 0.2) is 11.5 Å². The standard InChI is InChI=1S/C14H20BrClO2/c1-14(2,3)5-6-18-13-10(9-15)7-11(16)8-12(13)17-4/h7-8H,5-6,9H2,1-4H3. The molecular formula is C14H20BrClO2. The molecule has 0 aromatic heterocycles. The molecule has 1 aromatic carbocycles. The van der Waals surface area contributed by atoms with E-state index in [1.54, 1.807) is 13.2 Å². The number of rotatable bonds is 5. The van der Waals surface area contributed by atoms with Crippen molar-refractivity contribution in [3.8, 4) is 11.5 Å². The lowest BCUT2D eigenvalue weighted by Crippen LogP contribution is -2.12. The second kappa shape index (κ2) is 6.67. The Hall–Kier alpha value is -0.410. The zero-order valence-electron chi connectivity index (χ0n) is 11.3. The van der Waals surface area contributed by atoms with Gasteiger partial charge < -0.3 is 9.47 Å². The van der Waals surface area contributed by atoms with Crippen molar-refractivity contribution in [2.75, 3.05) is 13.7 Å². The van der Waals surface area contributed by atoms with E-state index in [0.29, 0.717) is 22.7 Å². The van der Waals surface area contributed by atoms with E-state index in [0.717, 1.165) is 17.7 Å². The van der Waals surface area contributed by atoms with Crippen LogP contribution in [0.1, 0.15) is 32.8 Å². The lowest BCUT2D eigenvalue weighted by Gasteiger charge is -2.20. The van der Waals surface area contributed by atoms with Crippen LogP contribution in [-0.2, 0) is 5.33 Å². The summed E-state index contributed by atoms with van der Waals surface area (Å²) in [5.41, 5.74) is 1.27. The molecule has 0 atom stereocenters. The zero-order chi connectivity index (χ0) is 13.8. The van der Waals surface area contributed by atoms with E-state index in [1.165, 1.54) is 0 Å². The van der Waals surface area contributed by atoms with Crippen molar-refractivity contribution in [1.29, 1.82) is 0 Å². The highest BCUT2D eigenvalue weighted by Crippen LogP contribution is 2.36. The molecule has 102 valence electrons. The Labute approximate surface area is 123 Å². The number of hydrogen-bond acceptors (Lipinski definition) is 2. The number of hydrogen-bond donors (Lipinski definition) is 0. The second-order valence-corrected chi connectivity index (χ2v) is 6.39. The van der Waals surface area contributed by atoms with E-state index < -0.39 is 0 Å². The molecule has 0 aliphatic rings. The van der Waals surface area contributed by atoms with Crippen LogP contribution in [0.4, 0.5) is 0 Å². The van der Waals surface area contributed by atoms with E-state index in [-0.39, 0.29) is 5.41 Å². The summed E-state index contributed by atoms with van der Waals surface area (Å²) in [5.74, 6) is 1.47. The third-order valence-corrected chi connectivity index (χ3v) is 3.38. The summed E-state index contributed by atoms with van der Waals surface area (Å²) >= 11 is 9.47. The first-order valence-electron chi connectivity index (χ1n) is 5.92. The van der Waals surface area contributed by atoms with E-state index in [1.807, 2.05) is 6.07 Å². The van der Waals surface area contributed by atoms with Crippen molar-refractivity contribution in [2.24, 2.45) is 5.41 Å². The fourth-order valence-corrected chi connectivity index (χ4v) is 2.14. The van der Waals surface area contributed by atoms with Gasteiger partial charge in [-0.1, -0.05) is 48.3 Å². The van der Waals surface area contributed by atoms with Crippen molar-refractivity contribution < 1.29 is 9.47 Å². The maximum Gasteiger partial charge on any atom is 0.165 e. The third-order valence-electron chi connectivity index (χ3n) is 2.56. The fourth-order valence-electron chi connectivity index (χ4n) is 1.50. The van der Waals surface area contributed by atoms with Gasteiger partial charge in [0.1, 0.15) is 0 Å². The highest BCUT2D eigenvalue weighted by Gasteiger charge is 2.14. The summed E-state index contributed by atoms with van der Waals surface area (Å²) in [6.45, 7) is 7.25. The van der Waals surface area contributed by atoms with Crippen LogP contribution in [0.25, 0.3) is 0 Å². The first-order valence-corrected chi connectivity index (χ1v) is 7.42. The van der Waals surface area contributed by atoms with Crippen molar-refractivity contribution in [2.45, 2.75) is 32.5 Å². The Morgan fingerprint density at radius 3 is 2.44 bits per heavy atom. The van der Waals surface area contributed by atoms with Gasteiger partial charge in [0.25, 0.3) is 0 Å². The predicted octanol–water partition coefficient (Wildman–Crippen LogP) is 5.06. The Morgan fingerprint density at radius 2 is 1.94 bits per heavy atom. The molecule has 0 bridgehead atoms. The number of ether oxygens (including phenoxy) is 2. The van der Waals surface area contributed by atoms with Crippen molar-refractivity contribution >= 4 is 27.5 Å². The third kappa shape index (κ3) is 4.69. The van der Waals surface area contributed by atoms with Crippen LogP contribution in [0.3, 0.4) is 0 Å². The van der Waals surface area contributed by atoms with Gasteiger partial charge in [0.2, 0.25) is 0 Å². The Morgan fingerprint density at radius 1 is 1.28 bits per heavy atom. The zero-order valence-corrected chi connectivity index (χ0v) is 13.7. The number of methoxy groups -OCH3 is 1. The topological polar surface area (TPSA) is 18.5 Å². The normalized spacial score (nSPS) is 11.4. The molecule has 4 heteroatoms. The summed E-state index contributed by atoms with van der Waals surface area (Å²) in [6, 6.07) is 3.67. The smallest absolute Gasteiger partial charge is 0.165 e. The average molecular weight is 336 g/mol. The molecule has 18 heavy (non-hydrogen) atoms. The largest absolute Gasteiger partial charge is 0.493 e. The van der Waals surface area contributed by atoms with Crippen molar-refractivity contribution in [3.63, 3.8) is 0 Å². The fraction of sp³-hybridized carbons (Fsp3) is 0.571. The van der Waals surface area contributed by atoms with Crippen LogP contribution < -0.4 is 9.47 Å². The molecule has 0 saturated carbocycles. The van der Waals surface area contributed by atoms with Gasteiger partial charge in [0.05, 0.1) is 13.7 Å². The number of halogens is 2. The molecule has 0 heterocycles. The van der Waals surface area contributed by atoms with Crippen LogP contribution in [-0.4, -0.2) is 13.7 Å². The molecule has 0 radical (unpaired) electrons. The first-order chi connectivity index (χ1) is 8.37. The molecule has 0 spiro atoms. The van der Waals surface area contributed by atoms with Crippen LogP contribution in [0, 0.1) is 5.41 Å². The van der Waals surface area contributed by atoms with Crippen molar-refractivity contribution in [1.82, 2.24) is 0 Å². The molecule has 0 aliphatic carbocycles. The van der Waals surface area contributed by atoms with Crippen molar-refractivity contribution in [3.05, 3.63) is 22.7 Å². The summed E-state index contributed by atoms with van der Waals surface area (Å²) in [4.78, 5) is 0. The van der Waals surface area contributed by atoms with E-state index in [4.69, 9.17) is 21.1 Å². The lowest BCUT2D eigenvalue weighted by molar-refractivity contribution is 0.233. The Balaban J connectivity index is 2.86. The minimum absolute atomic E-state index is 0.258. The van der Waals surface area contributed by atoms with Gasteiger partial charge in [-0.3, -0.25) is 0 Å². The van der Waals surface area contributed by atoms with Gasteiger partial charge in [0, 0.05) is 22.0 Å². The van der Waals surface area contributed by atoms with Gasteiger partial charge in [-0.15, -0.1) is 0 Å². The van der Waals surface area contributed by atoms with E-state index >= 15 is 0 Å². The Bertz CT molecular complexity index is 374. The molecule has 1 aromatic rings. The minimum Gasteiger partial charge on any atom is -0.493 e. The molecule has 0 fully saturated rings. The quantitative estimate of drug-likeness (QED) is 0.700. The maximum atomic E-state index is 6.03. The molecule has 0 N–H and O–H groups in total. The first kappa shape index (κ1) is 15.6.